The lowest BCUT2D eigenvalue weighted by Gasteiger charge is -2.17. The predicted octanol–water partition coefficient (Wildman–Crippen LogP) is 2.83. The molecule has 0 aromatic carbocycles. The van der Waals surface area contributed by atoms with Gasteiger partial charge < -0.3 is 10.5 Å². The van der Waals surface area contributed by atoms with E-state index in [1.165, 1.54) is 0 Å². The zero-order valence-corrected chi connectivity index (χ0v) is 11.0. The lowest BCUT2D eigenvalue weighted by atomic mass is 10.1. The van der Waals surface area contributed by atoms with Gasteiger partial charge in [0.25, 0.3) is 0 Å². The van der Waals surface area contributed by atoms with E-state index in [1.54, 1.807) is 11.3 Å². The first kappa shape index (κ1) is 12.0. The number of thiazole rings is 1. The molecule has 1 fully saturated rings. The number of nitrogens with zero attached hydrogens (tertiary/aromatic N) is 1. The molecule has 4 heteroatoms. The normalized spacial score (nSPS) is 27.6. The maximum absolute atomic E-state index is 6.20. The minimum absolute atomic E-state index is 0.0533. The Kier molecular flexibility index (Phi) is 3.62. The molecule has 1 saturated heterocycles. The second kappa shape index (κ2) is 4.82. The highest BCUT2D eigenvalue weighted by Crippen LogP contribution is 2.30. The quantitative estimate of drug-likeness (QED) is 0.883. The van der Waals surface area contributed by atoms with E-state index in [9.17, 15) is 0 Å². The van der Waals surface area contributed by atoms with Gasteiger partial charge in [-0.3, -0.25) is 0 Å². The smallest absolute Gasteiger partial charge is 0.112 e. The molecule has 0 bridgehead atoms. The molecular formula is C12H20N2OS. The van der Waals surface area contributed by atoms with Crippen LogP contribution in [0.3, 0.4) is 0 Å². The fourth-order valence-corrected chi connectivity index (χ4v) is 3.01. The SMILES string of the molecule is CC1CCC(C(N)c2nc(C(C)C)cs2)O1. The average Bonchev–Trinajstić information content (AvgIpc) is 2.84. The van der Waals surface area contributed by atoms with Crippen LogP contribution in [0, 0.1) is 0 Å². The lowest BCUT2D eigenvalue weighted by Crippen LogP contribution is -2.26. The Bertz CT molecular complexity index is 351. The summed E-state index contributed by atoms with van der Waals surface area (Å²) in [7, 11) is 0. The molecule has 0 spiro atoms. The van der Waals surface area contributed by atoms with E-state index in [0.717, 1.165) is 23.5 Å². The van der Waals surface area contributed by atoms with Crippen LogP contribution in [0.4, 0.5) is 0 Å². The van der Waals surface area contributed by atoms with E-state index in [2.05, 4.69) is 31.1 Å². The summed E-state index contributed by atoms with van der Waals surface area (Å²) in [6.45, 7) is 6.41. The zero-order valence-electron chi connectivity index (χ0n) is 10.1. The molecule has 0 radical (unpaired) electrons. The highest BCUT2D eigenvalue weighted by molar-refractivity contribution is 7.09. The van der Waals surface area contributed by atoms with Crippen molar-refractivity contribution in [2.75, 3.05) is 0 Å². The van der Waals surface area contributed by atoms with E-state index >= 15 is 0 Å². The monoisotopic (exact) mass is 240 g/mol. The van der Waals surface area contributed by atoms with Crippen LogP contribution in [-0.2, 0) is 4.74 Å². The van der Waals surface area contributed by atoms with Crippen LogP contribution in [-0.4, -0.2) is 17.2 Å². The summed E-state index contributed by atoms with van der Waals surface area (Å²) in [6, 6.07) is -0.0533. The molecule has 3 atom stereocenters. The van der Waals surface area contributed by atoms with Gasteiger partial charge in [0.15, 0.2) is 0 Å². The summed E-state index contributed by atoms with van der Waals surface area (Å²) < 4.78 is 5.79. The number of hydrogen-bond acceptors (Lipinski definition) is 4. The van der Waals surface area contributed by atoms with Gasteiger partial charge >= 0.3 is 0 Å². The minimum Gasteiger partial charge on any atom is -0.373 e. The fourth-order valence-electron chi connectivity index (χ4n) is 1.98. The summed E-state index contributed by atoms with van der Waals surface area (Å²) >= 11 is 1.66. The van der Waals surface area contributed by atoms with Crippen LogP contribution in [0.25, 0.3) is 0 Å². The number of hydrogen-bond donors (Lipinski definition) is 1. The molecule has 1 aliphatic rings. The first-order valence-corrected chi connectivity index (χ1v) is 6.82. The van der Waals surface area contributed by atoms with Gasteiger partial charge in [-0.25, -0.2) is 4.98 Å². The van der Waals surface area contributed by atoms with Crippen LogP contribution in [0.2, 0.25) is 0 Å². The summed E-state index contributed by atoms with van der Waals surface area (Å²) in [5.41, 5.74) is 7.34. The van der Waals surface area contributed by atoms with E-state index < -0.39 is 0 Å². The molecule has 0 aliphatic carbocycles. The van der Waals surface area contributed by atoms with Crippen molar-refractivity contribution >= 4 is 11.3 Å². The maximum atomic E-state index is 6.20. The molecule has 2 N–H and O–H groups in total. The molecule has 1 aromatic heterocycles. The van der Waals surface area contributed by atoms with Gasteiger partial charge in [-0.15, -0.1) is 11.3 Å². The number of aromatic nitrogens is 1. The molecule has 3 nitrogen and oxygen atoms in total. The molecule has 16 heavy (non-hydrogen) atoms. The van der Waals surface area contributed by atoms with E-state index in [-0.39, 0.29) is 12.1 Å². The zero-order chi connectivity index (χ0) is 11.7. The molecular weight excluding hydrogens is 220 g/mol. The van der Waals surface area contributed by atoms with Crippen molar-refractivity contribution in [2.45, 2.75) is 57.8 Å². The third kappa shape index (κ3) is 2.44. The lowest BCUT2D eigenvalue weighted by molar-refractivity contribution is 0.0400. The Morgan fingerprint density at radius 2 is 2.25 bits per heavy atom. The van der Waals surface area contributed by atoms with Gasteiger partial charge in [0.1, 0.15) is 5.01 Å². The van der Waals surface area contributed by atoms with Gasteiger partial charge in [-0.2, -0.15) is 0 Å². The Labute approximate surface area is 101 Å². The Balaban J connectivity index is 2.05. The van der Waals surface area contributed by atoms with Gasteiger partial charge in [0, 0.05) is 5.38 Å². The third-order valence-electron chi connectivity index (χ3n) is 3.08. The van der Waals surface area contributed by atoms with Gasteiger partial charge in [0.05, 0.1) is 23.9 Å². The third-order valence-corrected chi connectivity index (χ3v) is 4.05. The summed E-state index contributed by atoms with van der Waals surface area (Å²) in [5, 5.41) is 3.13. The standard InChI is InChI=1S/C12H20N2OS/c1-7(2)9-6-16-12(14-9)11(13)10-5-4-8(3)15-10/h6-8,10-11H,4-5,13H2,1-3H3. The van der Waals surface area contributed by atoms with Crippen LogP contribution in [0.1, 0.15) is 56.3 Å². The molecule has 90 valence electrons. The highest BCUT2D eigenvalue weighted by atomic mass is 32.1. The number of rotatable bonds is 3. The second-order valence-corrected chi connectivity index (χ2v) is 5.74. The molecule has 2 heterocycles. The fraction of sp³-hybridized carbons (Fsp3) is 0.750. The first-order chi connectivity index (χ1) is 7.58. The van der Waals surface area contributed by atoms with Crippen LogP contribution >= 0.6 is 11.3 Å². The van der Waals surface area contributed by atoms with Crippen molar-refractivity contribution in [3.8, 4) is 0 Å². The summed E-state index contributed by atoms with van der Waals surface area (Å²) in [4.78, 5) is 4.59. The second-order valence-electron chi connectivity index (χ2n) is 4.85. The van der Waals surface area contributed by atoms with Crippen molar-refractivity contribution in [1.29, 1.82) is 0 Å². The average molecular weight is 240 g/mol. The highest BCUT2D eigenvalue weighted by Gasteiger charge is 2.29. The topological polar surface area (TPSA) is 48.1 Å². The molecule has 0 saturated carbocycles. The van der Waals surface area contributed by atoms with Crippen LogP contribution < -0.4 is 5.73 Å². The minimum atomic E-state index is -0.0533. The van der Waals surface area contributed by atoms with Gasteiger partial charge in [0.2, 0.25) is 0 Å². The van der Waals surface area contributed by atoms with Crippen molar-refractivity contribution in [3.63, 3.8) is 0 Å². The Morgan fingerprint density at radius 3 is 2.75 bits per heavy atom. The summed E-state index contributed by atoms with van der Waals surface area (Å²) in [6.07, 6.45) is 2.67. The van der Waals surface area contributed by atoms with E-state index in [0.29, 0.717) is 12.0 Å². The van der Waals surface area contributed by atoms with Crippen molar-refractivity contribution in [3.05, 3.63) is 16.1 Å². The molecule has 2 rings (SSSR count). The van der Waals surface area contributed by atoms with Crippen molar-refractivity contribution < 1.29 is 4.74 Å². The Morgan fingerprint density at radius 1 is 1.50 bits per heavy atom. The molecule has 0 amide bonds. The van der Waals surface area contributed by atoms with E-state index in [1.807, 2.05) is 0 Å². The van der Waals surface area contributed by atoms with Gasteiger partial charge in [-0.05, 0) is 25.7 Å². The van der Waals surface area contributed by atoms with Crippen LogP contribution in [0.15, 0.2) is 5.38 Å². The largest absolute Gasteiger partial charge is 0.373 e. The Hall–Kier alpha value is -0.450. The molecule has 3 unspecified atom stereocenters. The van der Waals surface area contributed by atoms with E-state index in [4.69, 9.17) is 10.5 Å². The summed E-state index contributed by atoms with van der Waals surface area (Å²) in [5.74, 6) is 0.473. The molecule has 1 aromatic rings. The van der Waals surface area contributed by atoms with Gasteiger partial charge in [-0.1, -0.05) is 13.8 Å². The van der Waals surface area contributed by atoms with Crippen molar-refractivity contribution in [2.24, 2.45) is 5.73 Å². The number of ether oxygens (including phenoxy) is 1. The molecule has 1 aliphatic heterocycles. The number of nitrogens with two attached hydrogens (primary N) is 1. The maximum Gasteiger partial charge on any atom is 0.112 e. The first-order valence-electron chi connectivity index (χ1n) is 5.94. The van der Waals surface area contributed by atoms with Crippen LogP contribution in [0.5, 0.6) is 0 Å². The predicted molar refractivity (Wildman–Crippen MR) is 66.7 cm³/mol. The van der Waals surface area contributed by atoms with Crippen molar-refractivity contribution in [1.82, 2.24) is 4.98 Å².